The molecule has 0 amide bonds. The van der Waals surface area contributed by atoms with Gasteiger partial charge in [0.1, 0.15) is 12.2 Å². The van der Waals surface area contributed by atoms with E-state index in [4.69, 9.17) is 14.2 Å². The Morgan fingerprint density at radius 2 is 1.93 bits per heavy atom. The molecule has 0 aromatic rings. The van der Waals surface area contributed by atoms with E-state index in [1.807, 2.05) is 13.8 Å². The summed E-state index contributed by atoms with van der Waals surface area (Å²) in [5.41, 5.74) is -1.35. The lowest BCUT2D eigenvalue weighted by atomic mass is 9.82. The number of carbonyl (C=O) groups excluding carboxylic acids is 1. The van der Waals surface area contributed by atoms with Gasteiger partial charge in [-0.05, 0) is 13.8 Å². The number of esters is 1. The van der Waals surface area contributed by atoms with Crippen molar-refractivity contribution in [3.63, 3.8) is 0 Å². The maximum atomic E-state index is 11.4. The Morgan fingerprint density at radius 3 is 2.67 bits per heavy atom. The van der Waals surface area contributed by atoms with Crippen molar-refractivity contribution in [1.82, 2.24) is 0 Å². The van der Waals surface area contributed by atoms with Gasteiger partial charge in [-0.15, -0.1) is 0 Å². The molecule has 1 saturated carbocycles. The number of hydrogen-bond acceptors (Lipinski definition) is 5. The highest BCUT2D eigenvalue weighted by Crippen LogP contribution is 2.46. The molecule has 3 aliphatic rings. The Kier molecular flexibility index (Phi) is 1.62. The fourth-order valence-corrected chi connectivity index (χ4v) is 2.72. The lowest BCUT2D eigenvalue weighted by molar-refractivity contribution is -0.171. The third-order valence-electron chi connectivity index (χ3n) is 3.30. The van der Waals surface area contributed by atoms with Gasteiger partial charge >= 0.3 is 5.97 Å². The second-order valence-corrected chi connectivity index (χ2v) is 5.02. The first-order valence-electron chi connectivity index (χ1n) is 5.19. The first-order valence-corrected chi connectivity index (χ1v) is 5.19. The standard InChI is InChI=1S/C10H14O5/c1-9(2)14-6-4-10(12)3-5(7(6)15-9)13-8(10)11/h5-7,12H,3-4H2,1-2H3/t5-,6?,7+,10-/m1/s1. The van der Waals surface area contributed by atoms with Crippen LogP contribution in [-0.2, 0) is 19.0 Å². The van der Waals surface area contributed by atoms with Crippen molar-refractivity contribution in [2.45, 2.75) is 56.4 Å². The fourth-order valence-electron chi connectivity index (χ4n) is 2.72. The van der Waals surface area contributed by atoms with E-state index in [0.717, 1.165) is 0 Å². The quantitative estimate of drug-likeness (QED) is 0.573. The summed E-state index contributed by atoms with van der Waals surface area (Å²) in [5, 5.41) is 10.00. The average Bonchev–Trinajstić information content (AvgIpc) is 2.50. The van der Waals surface area contributed by atoms with Gasteiger partial charge in [-0.1, -0.05) is 0 Å². The topological polar surface area (TPSA) is 65.0 Å². The van der Waals surface area contributed by atoms with Crippen LogP contribution in [0.4, 0.5) is 0 Å². The van der Waals surface area contributed by atoms with Crippen molar-refractivity contribution >= 4 is 5.97 Å². The van der Waals surface area contributed by atoms with E-state index in [0.29, 0.717) is 6.42 Å². The summed E-state index contributed by atoms with van der Waals surface area (Å²) in [6.07, 6.45) is -0.229. The normalized spacial score (nSPS) is 51.4. The van der Waals surface area contributed by atoms with Crippen molar-refractivity contribution in [2.24, 2.45) is 0 Å². The minimum atomic E-state index is -1.35. The molecule has 5 nitrogen and oxygen atoms in total. The summed E-state index contributed by atoms with van der Waals surface area (Å²) in [4.78, 5) is 11.4. The molecule has 0 aromatic heterocycles. The van der Waals surface area contributed by atoms with Crippen LogP contribution in [0, 0.1) is 0 Å². The molecule has 1 aliphatic carbocycles. The van der Waals surface area contributed by atoms with Crippen molar-refractivity contribution in [1.29, 1.82) is 0 Å². The monoisotopic (exact) mass is 214 g/mol. The number of hydrogen-bond donors (Lipinski definition) is 1. The van der Waals surface area contributed by atoms with E-state index < -0.39 is 17.4 Å². The summed E-state index contributed by atoms with van der Waals surface area (Å²) in [5.74, 6) is -1.19. The van der Waals surface area contributed by atoms with Gasteiger partial charge in [0.05, 0.1) is 6.10 Å². The van der Waals surface area contributed by atoms with E-state index in [-0.39, 0.29) is 24.7 Å². The number of rotatable bonds is 0. The van der Waals surface area contributed by atoms with Gasteiger partial charge in [-0.3, -0.25) is 0 Å². The van der Waals surface area contributed by atoms with Crippen molar-refractivity contribution in [2.75, 3.05) is 0 Å². The summed E-state index contributed by atoms with van der Waals surface area (Å²) >= 11 is 0. The largest absolute Gasteiger partial charge is 0.457 e. The number of aliphatic hydroxyl groups is 1. The van der Waals surface area contributed by atoms with Crippen LogP contribution < -0.4 is 0 Å². The highest BCUT2D eigenvalue weighted by Gasteiger charge is 2.62. The van der Waals surface area contributed by atoms with Crippen LogP contribution in [0.25, 0.3) is 0 Å². The highest BCUT2D eigenvalue weighted by atomic mass is 16.8. The van der Waals surface area contributed by atoms with Crippen LogP contribution in [0.5, 0.6) is 0 Å². The molecule has 0 aromatic carbocycles. The van der Waals surface area contributed by atoms with Crippen LogP contribution in [0.2, 0.25) is 0 Å². The molecular weight excluding hydrogens is 200 g/mol. The van der Waals surface area contributed by atoms with E-state index in [9.17, 15) is 9.90 Å². The Labute approximate surface area is 87.3 Å². The molecule has 2 bridgehead atoms. The molecule has 4 atom stereocenters. The molecule has 0 radical (unpaired) electrons. The Hall–Kier alpha value is -0.650. The Bertz CT molecular complexity index is 326. The molecule has 15 heavy (non-hydrogen) atoms. The number of ether oxygens (including phenoxy) is 3. The van der Waals surface area contributed by atoms with E-state index in [2.05, 4.69) is 0 Å². The second kappa shape index (κ2) is 2.53. The molecule has 3 rings (SSSR count). The van der Waals surface area contributed by atoms with Gasteiger partial charge in [-0.2, -0.15) is 0 Å². The summed E-state index contributed by atoms with van der Waals surface area (Å²) in [6.45, 7) is 3.65. The van der Waals surface area contributed by atoms with E-state index in [1.54, 1.807) is 0 Å². The molecule has 3 fully saturated rings. The summed E-state index contributed by atoms with van der Waals surface area (Å²) in [6, 6.07) is 0. The number of fused-ring (bicyclic) bond motifs is 4. The first-order chi connectivity index (χ1) is 6.90. The third-order valence-corrected chi connectivity index (χ3v) is 3.30. The van der Waals surface area contributed by atoms with Crippen LogP contribution >= 0.6 is 0 Å². The van der Waals surface area contributed by atoms with E-state index in [1.165, 1.54) is 0 Å². The van der Waals surface area contributed by atoms with Crippen LogP contribution in [0.3, 0.4) is 0 Å². The lowest BCUT2D eigenvalue weighted by Gasteiger charge is -2.29. The molecule has 1 N–H and O–H groups in total. The molecule has 2 heterocycles. The average molecular weight is 214 g/mol. The molecular formula is C10H14O5. The molecule has 2 saturated heterocycles. The van der Waals surface area contributed by atoms with Gasteiger partial charge in [0, 0.05) is 12.8 Å². The van der Waals surface area contributed by atoms with Gasteiger partial charge in [-0.25, -0.2) is 4.79 Å². The van der Waals surface area contributed by atoms with Crippen LogP contribution in [0.15, 0.2) is 0 Å². The molecule has 0 spiro atoms. The number of carbonyl (C=O) groups is 1. The first kappa shape index (κ1) is 9.57. The Morgan fingerprint density at radius 1 is 1.27 bits per heavy atom. The maximum Gasteiger partial charge on any atom is 0.338 e. The SMILES string of the molecule is CC1(C)OC2C[C@]3(O)C[C@@H](OC3=O)[C@@H]2O1. The van der Waals surface area contributed by atoms with Gasteiger partial charge in [0.15, 0.2) is 11.4 Å². The van der Waals surface area contributed by atoms with Gasteiger partial charge in [0.25, 0.3) is 0 Å². The highest BCUT2D eigenvalue weighted by molar-refractivity contribution is 5.82. The minimum Gasteiger partial charge on any atom is -0.457 e. The fraction of sp³-hybridized carbons (Fsp3) is 0.900. The van der Waals surface area contributed by atoms with E-state index >= 15 is 0 Å². The smallest absolute Gasteiger partial charge is 0.338 e. The molecule has 1 unspecified atom stereocenters. The molecule has 5 heteroatoms. The van der Waals surface area contributed by atoms with Crippen LogP contribution in [0.1, 0.15) is 26.7 Å². The van der Waals surface area contributed by atoms with Crippen molar-refractivity contribution in [3.05, 3.63) is 0 Å². The predicted octanol–water partition coefficient (Wildman–Crippen LogP) is -0.0432. The Balaban J connectivity index is 1.90. The zero-order valence-corrected chi connectivity index (χ0v) is 8.73. The second-order valence-electron chi connectivity index (χ2n) is 5.02. The van der Waals surface area contributed by atoms with Gasteiger partial charge in [0.2, 0.25) is 0 Å². The van der Waals surface area contributed by atoms with Crippen molar-refractivity contribution in [3.8, 4) is 0 Å². The predicted molar refractivity (Wildman–Crippen MR) is 47.9 cm³/mol. The lowest BCUT2D eigenvalue weighted by Crippen LogP contribution is -2.47. The van der Waals surface area contributed by atoms with Crippen molar-refractivity contribution < 1.29 is 24.1 Å². The summed E-state index contributed by atoms with van der Waals surface area (Å²) in [7, 11) is 0. The van der Waals surface area contributed by atoms with Crippen LogP contribution in [-0.4, -0.2) is 40.8 Å². The zero-order chi connectivity index (χ0) is 10.8. The molecule has 84 valence electrons. The maximum absolute atomic E-state index is 11.4. The zero-order valence-electron chi connectivity index (χ0n) is 8.73. The molecule has 2 aliphatic heterocycles. The van der Waals surface area contributed by atoms with Gasteiger partial charge < -0.3 is 19.3 Å². The third kappa shape index (κ3) is 1.23. The minimum absolute atomic E-state index is 0.230. The summed E-state index contributed by atoms with van der Waals surface area (Å²) < 4.78 is 16.4.